The van der Waals surface area contributed by atoms with Gasteiger partial charge in [-0.15, -0.1) is 0 Å². The van der Waals surface area contributed by atoms with E-state index >= 15 is 0 Å². The lowest BCUT2D eigenvalue weighted by atomic mass is 10.1. The minimum Gasteiger partial charge on any atom is -0.388 e. The fourth-order valence-electron chi connectivity index (χ4n) is 1.78. The molecule has 2 aromatic rings. The molecule has 0 saturated heterocycles. The summed E-state index contributed by atoms with van der Waals surface area (Å²) in [7, 11) is 0. The fraction of sp³-hybridized carbons (Fsp3) is 0.143. The van der Waals surface area contributed by atoms with Crippen molar-refractivity contribution in [2.45, 2.75) is 13.0 Å². The van der Waals surface area contributed by atoms with Crippen LogP contribution >= 0.6 is 12.2 Å². The Hall–Kier alpha value is -2.01. The Kier molecular flexibility index (Phi) is 4.06. The van der Waals surface area contributed by atoms with Crippen LogP contribution in [0.1, 0.15) is 24.2 Å². The number of rotatable bonds is 4. The van der Waals surface area contributed by atoms with Gasteiger partial charge in [-0.2, -0.15) is 0 Å². The maximum absolute atomic E-state index is 13.6. The number of anilines is 1. The van der Waals surface area contributed by atoms with Gasteiger partial charge in [0.2, 0.25) is 0 Å². The molecule has 3 nitrogen and oxygen atoms in total. The van der Waals surface area contributed by atoms with Gasteiger partial charge in [-0.1, -0.05) is 30.4 Å². The Morgan fingerprint density at radius 1 is 1.32 bits per heavy atom. The largest absolute Gasteiger partial charge is 0.388 e. The monoisotopic (exact) mass is 275 g/mol. The van der Waals surface area contributed by atoms with Crippen LogP contribution in [-0.4, -0.2) is 9.97 Å². The molecule has 98 valence electrons. The molecule has 1 aromatic heterocycles. The highest BCUT2D eigenvalue weighted by molar-refractivity contribution is 7.80. The molecule has 0 aliphatic carbocycles. The SMILES string of the molecule is CC(Nc1ccc(C(N)=S)nc1)c1ccccc1F. The van der Waals surface area contributed by atoms with Gasteiger partial charge in [-0.25, -0.2) is 4.39 Å². The van der Waals surface area contributed by atoms with Crippen molar-refractivity contribution in [1.29, 1.82) is 0 Å². The lowest BCUT2D eigenvalue weighted by Gasteiger charge is -2.16. The molecule has 0 bridgehead atoms. The van der Waals surface area contributed by atoms with Crippen molar-refractivity contribution >= 4 is 22.9 Å². The summed E-state index contributed by atoms with van der Waals surface area (Å²) in [6.07, 6.45) is 1.63. The third kappa shape index (κ3) is 3.26. The Morgan fingerprint density at radius 3 is 2.63 bits per heavy atom. The number of nitrogens with zero attached hydrogens (tertiary/aromatic N) is 1. The Balaban J connectivity index is 2.13. The molecule has 1 unspecified atom stereocenters. The highest BCUT2D eigenvalue weighted by atomic mass is 32.1. The van der Waals surface area contributed by atoms with Crippen LogP contribution < -0.4 is 11.1 Å². The van der Waals surface area contributed by atoms with E-state index < -0.39 is 0 Å². The van der Waals surface area contributed by atoms with Gasteiger partial charge in [0.05, 0.1) is 23.6 Å². The zero-order valence-corrected chi connectivity index (χ0v) is 11.2. The third-order valence-corrected chi connectivity index (χ3v) is 2.98. The molecule has 19 heavy (non-hydrogen) atoms. The summed E-state index contributed by atoms with van der Waals surface area (Å²) in [6, 6.07) is 10.1. The van der Waals surface area contributed by atoms with E-state index in [0.29, 0.717) is 11.3 Å². The maximum atomic E-state index is 13.6. The molecule has 0 saturated carbocycles. The maximum Gasteiger partial charge on any atom is 0.128 e. The highest BCUT2D eigenvalue weighted by Crippen LogP contribution is 2.21. The van der Waals surface area contributed by atoms with Crippen LogP contribution in [0.3, 0.4) is 0 Å². The van der Waals surface area contributed by atoms with Gasteiger partial charge in [-0.3, -0.25) is 4.98 Å². The molecule has 0 amide bonds. The van der Waals surface area contributed by atoms with Gasteiger partial charge in [0, 0.05) is 5.56 Å². The molecule has 1 atom stereocenters. The normalized spacial score (nSPS) is 11.9. The summed E-state index contributed by atoms with van der Waals surface area (Å²) in [5.74, 6) is -0.227. The molecule has 0 aliphatic rings. The molecule has 0 aliphatic heterocycles. The number of thiocarbonyl (C=S) groups is 1. The number of aromatic nitrogens is 1. The van der Waals surface area contributed by atoms with E-state index in [0.717, 1.165) is 5.69 Å². The summed E-state index contributed by atoms with van der Waals surface area (Å²) in [5.41, 5.74) is 7.44. The first-order valence-electron chi connectivity index (χ1n) is 5.84. The van der Waals surface area contributed by atoms with Gasteiger partial charge >= 0.3 is 0 Å². The topological polar surface area (TPSA) is 50.9 Å². The molecule has 1 heterocycles. The van der Waals surface area contributed by atoms with E-state index in [2.05, 4.69) is 10.3 Å². The number of halogens is 1. The molecule has 0 fully saturated rings. The van der Waals surface area contributed by atoms with Crippen molar-refractivity contribution < 1.29 is 4.39 Å². The van der Waals surface area contributed by atoms with Crippen LogP contribution in [0.5, 0.6) is 0 Å². The van der Waals surface area contributed by atoms with E-state index in [9.17, 15) is 4.39 Å². The minimum atomic E-state index is -0.227. The molecule has 0 radical (unpaired) electrons. The smallest absolute Gasteiger partial charge is 0.128 e. The van der Waals surface area contributed by atoms with Crippen LogP contribution in [0, 0.1) is 5.82 Å². The van der Waals surface area contributed by atoms with Crippen molar-refractivity contribution in [2.24, 2.45) is 5.73 Å². The number of pyridine rings is 1. The second kappa shape index (κ2) is 5.75. The second-order valence-electron chi connectivity index (χ2n) is 4.18. The summed E-state index contributed by atoms with van der Waals surface area (Å²) >= 11 is 4.83. The molecular weight excluding hydrogens is 261 g/mol. The van der Waals surface area contributed by atoms with Crippen molar-refractivity contribution in [3.05, 3.63) is 59.7 Å². The summed E-state index contributed by atoms with van der Waals surface area (Å²) in [4.78, 5) is 4.38. The predicted molar refractivity (Wildman–Crippen MR) is 78.6 cm³/mol. The zero-order valence-electron chi connectivity index (χ0n) is 10.4. The van der Waals surface area contributed by atoms with E-state index in [1.54, 1.807) is 24.4 Å². The lowest BCUT2D eigenvalue weighted by molar-refractivity contribution is 0.600. The van der Waals surface area contributed by atoms with Crippen molar-refractivity contribution in [2.75, 3.05) is 5.32 Å². The van der Waals surface area contributed by atoms with Crippen molar-refractivity contribution in [1.82, 2.24) is 4.98 Å². The first-order chi connectivity index (χ1) is 9.08. The summed E-state index contributed by atoms with van der Waals surface area (Å²) < 4.78 is 13.6. The van der Waals surface area contributed by atoms with Crippen LogP contribution in [0.2, 0.25) is 0 Å². The second-order valence-corrected chi connectivity index (χ2v) is 4.62. The predicted octanol–water partition coefficient (Wildman–Crippen LogP) is 3.03. The van der Waals surface area contributed by atoms with Gasteiger partial charge < -0.3 is 11.1 Å². The Bertz CT molecular complexity index is 583. The number of hydrogen-bond donors (Lipinski definition) is 2. The molecule has 0 spiro atoms. The van der Waals surface area contributed by atoms with Gasteiger partial charge in [0.25, 0.3) is 0 Å². The summed E-state index contributed by atoms with van der Waals surface area (Å²) in [6.45, 7) is 1.89. The molecular formula is C14H14FN3S. The third-order valence-electron chi connectivity index (χ3n) is 2.77. The Morgan fingerprint density at radius 2 is 2.05 bits per heavy atom. The summed E-state index contributed by atoms with van der Waals surface area (Å²) in [5, 5.41) is 3.18. The van der Waals surface area contributed by atoms with Gasteiger partial charge in [0.15, 0.2) is 0 Å². The standard InChI is InChI=1S/C14H14FN3S/c1-9(11-4-2-3-5-12(11)15)18-10-6-7-13(14(16)19)17-8-10/h2-9,18H,1H3,(H2,16,19). The lowest BCUT2D eigenvalue weighted by Crippen LogP contribution is -2.12. The number of benzene rings is 1. The first-order valence-corrected chi connectivity index (χ1v) is 6.25. The fourth-order valence-corrected chi connectivity index (χ4v) is 1.90. The number of nitrogens with two attached hydrogens (primary N) is 1. The van der Waals surface area contributed by atoms with E-state index in [-0.39, 0.29) is 16.8 Å². The quantitative estimate of drug-likeness (QED) is 0.842. The molecule has 3 N–H and O–H groups in total. The highest BCUT2D eigenvalue weighted by Gasteiger charge is 2.10. The van der Waals surface area contributed by atoms with E-state index in [4.69, 9.17) is 18.0 Å². The first kappa shape index (κ1) is 13.4. The van der Waals surface area contributed by atoms with Gasteiger partial charge in [0.1, 0.15) is 10.8 Å². The van der Waals surface area contributed by atoms with Crippen molar-refractivity contribution in [3.8, 4) is 0 Å². The van der Waals surface area contributed by atoms with E-state index in [1.807, 2.05) is 19.1 Å². The Labute approximate surface area is 116 Å². The minimum absolute atomic E-state index is 0.154. The van der Waals surface area contributed by atoms with Crippen LogP contribution in [0.15, 0.2) is 42.6 Å². The zero-order chi connectivity index (χ0) is 13.8. The van der Waals surface area contributed by atoms with Crippen LogP contribution in [0.4, 0.5) is 10.1 Å². The van der Waals surface area contributed by atoms with Gasteiger partial charge in [-0.05, 0) is 25.1 Å². The average molecular weight is 275 g/mol. The van der Waals surface area contributed by atoms with E-state index in [1.165, 1.54) is 6.07 Å². The van der Waals surface area contributed by atoms with Crippen molar-refractivity contribution in [3.63, 3.8) is 0 Å². The molecule has 1 aromatic carbocycles. The number of nitrogens with one attached hydrogen (secondary N) is 1. The molecule has 5 heteroatoms. The molecule has 2 rings (SSSR count). The van der Waals surface area contributed by atoms with Crippen LogP contribution in [0.25, 0.3) is 0 Å². The number of hydrogen-bond acceptors (Lipinski definition) is 3. The average Bonchev–Trinajstić information content (AvgIpc) is 2.39. The van der Waals surface area contributed by atoms with Crippen LogP contribution in [-0.2, 0) is 0 Å².